The second-order valence-corrected chi connectivity index (χ2v) is 9.60. The number of methoxy groups -OCH3 is 1. The highest BCUT2D eigenvalue weighted by atomic mass is 32.2. The second kappa shape index (κ2) is 8.66. The van der Waals surface area contributed by atoms with Crippen LogP contribution in [0.15, 0.2) is 53.7 Å². The second-order valence-electron chi connectivity index (χ2n) is 7.42. The van der Waals surface area contributed by atoms with Crippen LogP contribution in [0.1, 0.15) is 33.3 Å². The number of sulfone groups is 1. The quantitative estimate of drug-likeness (QED) is 0.532. The van der Waals surface area contributed by atoms with Crippen molar-refractivity contribution in [1.82, 2.24) is 4.98 Å². The van der Waals surface area contributed by atoms with E-state index in [1.807, 2.05) is 0 Å². The molecular formula is C22H25NO5S. The van der Waals surface area contributed by atoms with Gasteiger partial charge in [0.05, 0.1) is 12.0 Å². The zero-order valence-corrected chi connectivity index (χ0v) is 18.0. The Kier molecular flexibility index (Phi) is 6.70. The Morgan fingerprint density at radius 2 is 1.79 bits per heavy atom. The SMILES string of the molecule is CC#CC(Cc1cccnc1)(C(=O)OC(C)(C)C)S(=O)(=O)c1ccc(OC)cc1. The van der Waals surface area contributed by atoms with E-state index < -0.39 is 26.2 Å². The van der Waals surface area contributed by atoms with Crippen LogP contribution in [0.2, 0.25) is 0 Å². The summed E-state index contributed by atoms with van der Waals surface area (Å²) < 4.78 is 35.9. The summed E-state index contributed by atoms with van der Waals surface area (Å²) in [5.74, 6) is 4.86. The Balaban J connectivity index is 2.71. The topological polar surface area (TPSA) is 82.6 Å². The zero-order valence-electron chi connectivity index (χ0n) is 17.2. The lowest BCUT2D eigenvalue weighted by molar-refractivity contribution is -0.156. The maximum absolute atomic E-state index is 13.7. The van der Waals surface area contributed by atoms with Crippen LogP contribution in [0.5, 0.6) is 5.75 Å². The van der Waals surface area contributed by atoms with E-state index in [-0.39, 0.29) is 11.3 Å². The first kappa shape index (κ1) is 22.4. The van der Waals surface area contributed by atoms with Gasteiger partial charge < -0.3 is 9.47 Å². The van der Waals surface area contributed by atoms with Crippen molar-refractivity contribution in [1.29, 1.82) is 0 Å². The molecule has 154 valence electrons. The number of nitrogens with zero attached hydrogens (tertiary/aromatic N) is 1. The first-order chi connectivity index (χ1) is 13.6. The van der Waals surface area contributed by atoms with Crippen LogP contribution in [0.3, 0.4) is 0 Å². The highest BCUT2D eigenvalue weighted by Crippen LogP contribution is 2.33. The van der Waals surface area contributed by atoms with Gasteiger partial charge in [-0.25, -0.2) is 13.2 Å². The molecule has 0 N–H and O–H groups in total. The third-order valence-corrected chi connectivity index (χ3v) is 6.28. The number of carbonyl (C=O) groups excluding carboxylic acids is 1. The van der Waals surface area contributed by atoms with Gasteiger partial charge in [0.1, 0.15) is 11.4 Å². The van der Waals surface area contributed by atoms with E-state index in [1.165, 1.54) is 44.5 Å². The summed E-state index contributed by atoms with van der Waals surface area (Å²) in [4.78, 5) is 17.3. The monoisotopic (exact) mass is 415 g/mol. The summed E-state index contributed by atoms with van der Waals surface area (Å²) in [5, 5.41) is 0. The van der Waals surface area contributed by atoms with Crippen molar-refractivity contribution in [3.63, 3.8) is 0 Å². The lowest BCUT2D eigenvalue weighted by Crippen LogP contribution is -2.50. The van der Waals surface area contributed by atoms with E-state index in [1.54, 1.807) is 39.1 Å². The van der Waals surface area contributed by atoms with Crippen molar-refractivity contribution in [2.24, 2.45) is 0 Å². The standard InChI is InChI=1S/C22H25NO5S/c1-6-13-22(20(24)28-21(2,3)4,15-17-8-7-14-23-16-17)29(25,26)19-11-9-18(27-5)10-12-19/h7-12,14,16H,15H2,1-5H3. The van der Waals surface area contributed by atoms with E-state index >= 15 is 0 Å². The van der Waals surface area contributed by atoms with E-state index in [2.05, 4.69) is 16.8 Å². The number of esters is 1. The van der Waals surface area contributed by atoms with Crippen molar-refractivity contribution >= 4 is 15.8 Å². The van der Waals surface area contributed by atoms with Crippen molar-refractivity contribution in [2.45, 2.75) is 49.4 Å². The molecule has 1 unspecified atom stereocenters. The van der Waals surface area contributed by atoms with Gasteiger partial charge in [0.25, 0.3) is 0 Å². The molecule has 7 heteroatoms. The minimum atomic E-state index is -4.25. The summed E-state index contributed by atoms with van der Waals surface area (Å²) >= 11 is 0. The van der Waals surface area contributed by atoms with Crippen molar-refractivity contribution in [3.05, 3.63) is 54.4 Å². The molecule has 6 nitrogen and oxygen atoms in total. The smallest absolute Gasteiger partial charge is 0.341 e. The molecule has 0 saturated carbocycles. The maximum Gasteiger partial charge on any atom is 0.341 e. The fraction of sp³-hybridized carbons (Fsp3) is 0.364. The number of ether oxygens (including phenoxy) is 2. The van der Waals surface area contributed by atoms with Crippen LogP contribution in [0.4, 0.5) is 0 Å². The van der Waals surface area contributed by atoms with Crippen LogP contribution in [0, 0.1) is 11.8 Å². The Labute approximate surface area is 172 Å². The van der Waals surface area contributed by atoms with Gasteiger partial charge in [-0.05, 0) is 63.6 Å². The van der Waals surface area contributed by atoms with Crippen molar-refractivity contribution in [2.75, 3.05) is 7.11 Å². The fourth-order valence-corrected chi connectivity index (χ4v) is 4.50. The minimum Gasteiger partial charge on any atom is -0.497 e. The molecule has 2 aromatic rings. The Bertz CT molecular complexity index is 1010. The third kappa shape index (κ3) is 4.96. The van der Waals surface area contributed by atoms with Crippen LogP contribution in [-0.2, 0) is 25.8 Å². The van der Waals surface area contributed by atoms with Crippen LogP contribution < -0.4 is 4.74 Å². The predicted octanol–water partition coefficient (Wildman–Crippen LogP) is 3.21. The normalized spacial score (nSPS) is 13.6. The molecule has 0 aliphatic carbocycles. The van der Waals surface area contributed by atoms with Gasteiger partial charge in [0.15, 0.2) is 0 Å². The number of hydrogen-bond acceptors (Lipinski definition) is 6. The molecule has 29 heavy (non-hydrogen) atoms. The fourth-order valence-electron chi connectivity index (χ4n) is 2.75. The van der Waals surface area contributed by atoms with Gasteiger partial charge in [-0.2, -0.15) is 0 Å². The van der Waals surface area contributed by atoms with Crippen LogP contribution >= 0.6 is 0 Å². The zero-order chi connectivity index (χ0) is 21.7. The molecule has 1 heterocycles. The average Bonchev–Trinajstić information content (AvgIpc) is 2.67. The molecule has 1 aromatic carbocycles. The van der Waals surface area contributed by atoms with Gasteiger partial charge in [-0.3, -0.25) is 4.98 Å². The summed E-state index contributed by atoms with van der Waals surface area (Å²) in [6, 6.07) is 9.22. The molecule has 0 radical (unpaired) electrons. The number of aromatic nitrogens is 1. The first-order valence-electron chi connectivity index (χ1n) is 9.01. The molecule has 0 spiro atoms. The minimum absolute atomic E-state index is 0.0456. The maximum atomic E-state index is 13.7. The predicted molar refractivity (Wildman–Crippen MR) is 110 cm³/mol. The molecule has 0 bridgehead atoms. The van der Waals surface area contributed by atoms with Gasteiger partial charge in [0, 0.05) is 18.8 Å². The molecule has 0 amide bonds. The molecule has 1 atom stereocenters. The number of pyridine rings is 1. The lowest BCUT2D eigenvalue weighted by Gasteiger charge is -2.30. The van der Waals surface area contributed by atoms with Gasteiger partial charge in [-0.15, -0.1) is 5.92 Å². The number of hydrogen-bond donors (Lipinski definition) is 0. The third-order valence-electron chi connectivity index (χ3n) is 4.06. The lowest BCUT2D eigenvalue weighted by atomic mass is 9.99. The van der Waals surface area contributed by atoms with Crippen LogP contribution in [0.25, 0.3) is 0 Å². The Hall–Kier alpha value is -2.85. The van der Waals surface area contributed by atoms with E-state index in [9.17, 15) is 13.2 Å². The largest absolute Gasteiger partial charge is 0.497 e. The van der Waals surface area contributed by atoms with E-state index in [0.717, 1.165) is 0 Å². The highest BCUT2D eigenvalue weighted by Gasteiger charge is 2.53. The first-order valence-corrected chi connectivity index (χ1v) is 10.5. The molecule has 2 rings (SSSR count). The van der Waals surface area contributed by atoms with Crippen molar-refractivity contribution in [3.8, 4) is 17.6 Å². The molecule has 1 aromatic heterocycles. The number of carbonyl (C=O) groups is 1. The van der Waals surface area contributed by atoms with E-state index in [4.69, 9.17) is 9.47 Å². The summed E-state index contributed by atoms with van der Waals surface area (Å²) in [7, 11) is -2.77. The average molecular weight is 416 g/mol. The molecule has 0 saturated heterocycles. The van der Waals surface area contributed by atoms with Gasteiger partial charge in [0.2, 0.25) is 14.6 Å². The van der Waals surface area contributed by atoms with E-state index in [0.29, 0.717) is 11.3 Å². The van der Waals surface area contributed by atoms with Crippen molar-refractivity contribution < 1.29 is 22.7 Å². The highest BCUT2D eigenvalue weighted by molar-refractivity contribution is 7.94. The number of benzene rings is 1. The Morgan fingerprint density at radius 1 is 1.14 bits per heavy atom. The number of rotatable bonds is 6. The molecule has 0 aliphatic rings. The summed E-state index contributed by atoms with van der Waals surface area (Å²) in [6.45, 7) is 6.53. The van der Waals surface area contributed by atoms with Gasteiger partial charge in [-0.1, -0.05) is 12.0 Å². The van der Waals surface area contributed by atoms with Gasteiger partial charge >= 0.3 is 5.97 Å². The Morgan fingerprint density at radius 3 is 2.28 bits per heavy atom. The molecule has 0 fully saturated rings. The summed E-state index contributed by atoms with van der Waals surface area (Å²) in [6.07, 6.45) is 2.90. The molecule has 0 aliphatic heterocycles. The molecular weight excluding hydrogens is 390 g/mol. The van der Waals surface area contributed by atoms with Crippen LogP contribution in [-0.4, -0.2) is 36.8 Å². The summed E-state index contributed by atoms with van der Waals surface area (Å²) in [5.41, 5.74) is -0.333.